The molecule has 0 atom stereocenters. The molecule has 2 heteroatoms. The van der Waals surface area contributed by atoms with Crippen LogP contribution in [-0.4, -0.2) is 12.5 Å². The van der Waals surface area contributed by atoms with E-state index in [9.17, 15) is 4.79 Å². The normalized spacial score (nSPS) is 18.0. The molecule has 2 nitrogen and oxygen atoms in total. The predicted octanol–water partition coefficient (Wildman–Crippen LogP) is 2.88. The molecule has 0 radical (unpaired) electrons. The molecule has 0 aromatic heterocycles. The average molecular weight is 221 g/mol. The molecule has 1 N–H and O–H groups in total. The fourth-order valence-electron chi connectivity index (χ4n) is 2.53. The van der Waals surface area contributed by atoms with Gasteiger partial charge in [-0.05, 0) is 32.1 Å². The maximum absolute atomic E-state index is 12.1. The van der Waals surface area contributed by atoms with Crippen molar-refractivity contribution in [1.82, 2.24) is 5.32 Å². The van der Waals surface area contributed by atoms with Crippen LogP contribution in [0.2, 0.25) is 0 Å². The summed E-state index contributed by atoms with van der Waals surface area (Å²) in [6, 6.07) is 0. The molecule has 90 valence electrons. The Morgan fingerprint density at radius 2 is 2.06 bits per heavy atom. The number of hydrogen-bond acceptors (Lipinski definition) is 1. The highest BCUT2D eigenvalue weighted by molar-refractivity contribution is 5.82. The molecule has 0 aromatic carbocycles. The van der Waals surface area contributed by atoms with Crippen molar-refractivity contribution in [2.75, 3.05) is 6.54 Å². The van der Waals surface area contributed by atoms with Gasteiger partial charge in [0.1, 0.15) is 0 Å². The molecule has 0 unspecified atom stereocenters. The van der Waals surface area contributed by atoms with Gasteiger partial charge in [-0.3, -0.25) is 4.79 Å². The molecule has 16 heavy (non-hydrogen) atoms. The summed E-state index contributed by atoms with van der Waals surface area (Å²) in [7, 11) is 0. The molecule has 1 amide bonds. The molecule has 0 saturated heterocycles. The van der Waals surface area contributed by atoms with Crippen molar-refractivity contribution >= 4 is 5.91 Å². The molecule has 0 aliphatic heterocycles. The lowest BCUT2D eigenvalue weighted by Crippen LogP contribution is -2.39. The second-order valence-corrected chi connectivity index (χ2v) is 4.76. The van der Waals surface area contributed by atoms with Crippen LogP contribution in [0, 0.1) is 17.8 Å². The van der Waals surface area contributed by atoms with Crippen LogP contribution < -0.4 is 5.32 Å². The number of nitrogens with one attached hydrogen (secondary N) is 1. The molecule has 1 aliphatic carbocycles. The van der Waals surface area contributed by atoms with E-state index in [0.29, 0.717) is 0 Å². The second-order valence-electron chi connectivity index (χ2n) is 4.76. The van der Waals surface area contributed by atoms with Crippen LogP contribution in [0.4, 0.5) is 0 Å². The van der Waals surface area contributed by atoms with Gasteiger partial charge in [0.15, 0.2) is 0 Å². The molecule has 0 aromatic rings. The number of hydrogen-bond donors (Lipinski definition) is 1. The van der Waals surface area contributed by atoms with E-state index in [1.807, 2.05) is 0 Å². The number of rotatable bonds is 6. The Kier molecular flexibility index (Phi) is 5.38. The lowest BCUT2D eigenvalue weighted by Gasteiger charge is -2.25. The first kappa shape index (κ1) is 13.1. The van der Waals surface area contributed by atoms with E-state index in [0.717, 1.165) is 45.1 Å². The first-order valence-corrected chi connectivity index (χ1v) is 6.47. The molecular formula is C14H23NO. The van der Waals surface area contributed by atoms with Crippen molar-refractivity contribution in [2.45, 2.75) is 58.3 Å². The van der Waals surface area contributed by atoms with Gasteiger partial charge in [-0.1, -0.05) is 19.8 Å². The van der Waals surface area contributed by atoms with E-state index in [1.54, 1.807) is 0 Å². The van der Waals surface area contributed by atoms with Crippen molar-refractivity contribution in [3.05, 3.63) is 0 Å². The van der Waals surface area contributed by atoms with Crippen LogP contribution >= 0.6 is 0 Å². The quantitative estimate of drug-likeness (QED) is 0.542. The maximum atomic E-state index is 12.1. The first-order valence-electron chi connectivity index (χ1n) is 6.47. The van der Waals surface area contributed by atoms with Crippen molar-refractivity contribution < 1.29 is 4.79 Å². The van der Waals surface area contributed by atoms with Gasteiger partial charge in [-0.25, -0.2) is 0 Å². The Balaban J connectivity index is 2.26. The summed E-state index contributed by atoms with van der Waals surface area (Å²) in [4.78, 5) is 12.1. The van der Waals surface area contributed by atoms with Crippen LogP contribution in [0.5, 0.6) is 0 Å². The third kappa shape index (κ3) is 3.27. The van der Waals surface area contributed by atoms with Crippen molar-refractivity contribution in [3.8, 4) is 12.3 Å². The van der Waals surface area contributed by atoms with E-state index in [2.05, 4.69) is 18.2 Å². The number of unbranched alkanes of at least 4 members (excludes halogenated alkanes) is 2. The van der Waals surface area contributed by atoms with Gasteiger partial charge in [-0.15, -0.1) is 12.3 Å². The number of amides is 1. The minimum absolute atomic E-state index is 0.0495. The van der Waals surface area contributed by atoms with E-state index in [1.165, 1.54) is 12.8 Å². The Hall–Kier alpha value is -0.970. The molecular weight excluding hydrogens is 198 g/mol. The molecule has 1 rings (SSSR count). The summed E-state index contributed by atoms with van der Waals surface area (Å²) in [6.07, 6.45) is 13.5. The summed E-state index contributed by atoms with van der Waals surface area (Å²) in [6.45, 7) is 2.91. The van der Waals surface area contributed by atoms with Crippen LogP contribution in [0.3, 0.4) is 0 Å². The SMILES string of the molecule is C#CCCCCNC(=O)C1(CC)CCCC1. The highest BCUT2D eigenvalue weighted by Crippen LogP contribution is 2.40. The van der Waals surface area contributed by atoms with Crippen LogP contribution in [0.25, 0.3) is 0 Å². The molecule has 0 spiro atoms. The molecule has 0 bridgehead atoms. The highest BCUT2D eigenvalue weighted by atomic mass is 16.2. The Morgan fingerprint density at radius 1 is 1.38 bits per heavy atom. The van der Waals surface area contributed by atoms with Gasteiger partial charge in [0.25, 0.3) is 0 Å². The fourth-order valence-corrected chi connectivity index (χ4v) is 2.53. The van der Waals surface area contributed by atoms with Crippen molar-refractivity contribution in [1.29, 1.82) is 0 Å². The number of carbonyl (C=O) groups excluding carboxylic acids is 1. The van der Waals surface area contributed by atoms with Crippen LogP contribution in [-0.2, 0) is 4.79 Å². The standard InChI is InChI=1S/C14H23NO/c1-3-5-6-9-12-15-13(16)14(4-2)10-7-8-11-14/h1H,4-12H2,2H3,(H,15,16). The monoisotopic (exact) mass is 221 g/mol. The Bertz CT molecular complexity index is 258. The summed E-state index contributed by atoms with van der Waals surface area (Å²) in [5.74, 6) is 2.89. The lowest BCUT2D eigenvalue weighted by molar-refractivity contribution is -0.131. The van der Waals surface area contributed by atoms with Gasteiger partial charge < -0.3 is 5.32 Å². The van der Waals surface area contributed by atoms with E-state index in [-0.39, 0.29) is 11.3 Å². The minimum Gasteiger partial charge on any atom is -0.356 e. The third-order valence-corrected chi connectivity index (χ3v) is 3.75. The van der Waals surface area contributed by atoms with Gasteiger partial charge in [0.2, 0.25) is 5.91 Å². The van der Waals surface area contributed by atoms with Crippen LogP contribution in [0.15, 0.2) is 0 Å². The minimum atomic E-state index is -0.0495. The summed E-state index contributed by atoms with van der Waals surface area (Å²) < 4.78 is 0. The van der Waals surface area contributed by atoms with E-state index in [4.69, 9.17) is 6.42 Å². The predicted molar refractivity (Wildman–Crippen MR) is 66.9 cm³/mol. The lowest BCUT2D eigenvalue weighted by atomic mass is 9.82. The average Bonchev–Trinajstić information content (AvgIpc) is 2.78. The summed E-state index contributed by atoms with van der Waals surface area (Å²) >= 11 is 0. The molecule has 1 aliphatic rings. The zero-order valence-corrected chi connectivity index (χ0v) is 10.3. The molecule has 1 fully saturated rings. The second kappa shape index (κ2) is 6.58. The van der Waals surface area contributed by atoms with Gasteiger partial charge >= 0.3 is 0 Å². The molecule has 0 heterocycles. The smallest absolute Gasteiger partial charge is 0.226 e. The Labute approximate surface area is 99.2 Å². The van der Waals surface area contributed by atoms with Gasteiger partial charge in [0, 0.05) is 18.4 Å². The van der Waals surface area contributed by atoms with Crippen molar-refractivity contribution in [3.63, 3.8) is 0 Å². The van der Waals surface area contributed by atoms with Gasteiger partial charge in [-0.2, -0.15) is 0 Å². The first-order chi connectivity index (χ1) is 7.75. The third-order valence-electron chi connectivity index (χ3n) is 3.75. The maximum Gasteiger partial charge on any atom is 0.226 e. The zero-order chi connectivity index (χ0) is 11.9. The Morgan fingerprint density at radius 3 is 2.62 bits per heavy atom. The van der Waals surface area contributed by atoms with Crippen LogP contribution in [0.1, 0.15) is 58.3 Å². The zero-order valence-electron chi connectivity index (χ0n) is 10.3. The number of carbonyl (C=O) groups is 1. The highest BCUT2D eigenvalue weighted by Gasteiger charge is 2.38. The summed E-state index contributed by atoms with van der Waals surface area (Å²) in [5.41, 5.74) is -0.0495. The van der Waals surface area contributed by atoms with Gasteiger partial charge in [0.05, 0.1) is 0 Å². The summed E-state index contributed by atoms with van der Waals surface area (Å²) in [5, 5.41) is 3.07. The van der Waals surface area contributed by atoms with Crippen molar-refractivity contribution in [2.24, 2.45) is 5.41 Å². The van der Waals surface area contributed by atoms with E-state index < -0.39 is 0 Å². The topological polar surface area (TPSA) is 29.1 Å². The fraction of sp³-hybridized carbons (Fsp3) is 0.786. The van der Waals surface area contributed by atoms with E-state index >= 15 is 0 Å². The largest absolute Gasteiger partial charge is 0.356 e. The molecule has 1 saturated carbocycles. The number of terminal acetylenes is 1.